The van der Waals surface area contributed by atoms with E-state index in [0.29, 0.717) is 48.4 Å². The summed E-state index contributed by atoms with van der Waals surface area (Å²) in [5.74, 6) is -0.277. The first-order valence-electron chi connectivity index (χ1n) is 7.88. The van der Waals surface area contributed by atoms with Gasteiger partial charge in [-0.2, -0.15) is 0 Å². The zero-order chi connectivity index (χ0) is 19.1. The van der Waals surface area contributed by atoms with Crippen LogP contribution in [0.3, 0.4) is 0 Å². The van der Waals surface area contributed by atoms with Crippen molar-refractivity contribution in [3.63, 3.8) is 0 Å². The van der Waals surface area contributed by atoms with Crippen LogP contribution in [0.4, 0.5) is 17.1 Å². The van der Waals surface area contributed by atoms with Crippen LogP contribution in [0.25, 0.3) is 0 Å². The van der Waals surface area contributed by atoms with Gasteiger partial charge in [0.2, 0.25) is 0 Å². The number of benzene rings is 3. The lowest BCUT2D eigenvalue weighted by molar-refractivity contribution is -0.111. The number of carbonyl (C=O) groups is 1. The van der Waals surface area contributed by atoms with Crippen LogP contribution >= 0.6 is 46.4 Å². The van der Waals surface area contributed by atoms with Crippen molar-refractivity contribution in [1.29, 1.82) is 0 Å². The lowest BCUT2D eigenvalue weighted by Crippen LogP contribution is -2.25. The minimum atomic E-state index is -0.277. The molecule has 7 heteroatoms. The van der Waals surface area contributed by atoms with Crippen molar-refractivity contribution in [2.24, 2.45) is 4.99 Å². The number of nitrogens with zero attached hydrogens (tertiary/aromatic N) is 2. The highest BCUT2D eigenvalue weighted by atomic mass is 35.5. The fourth-order valence-electron chi connectivity index (χ4n) is 2.92. The number of aliphatic imine (C=N–C) groups is 1. The highest BCUT2D eigenvalue weighted by molar-refractivity contribution is 6.56. The van der Waals surface area contributed by atoms with E-state index >= 15 is 0 Å². The Morgan fingerprint density at radius 3 is 2.19 bits per heavy atom. The molecule has 0 bridgehead atoms. The topological polar surface area (TPSA) is 32.7 Å². The zero-order valence-corrected chi connectivity index (χ0v) is 16.6. The van der Waals surface area contributed by atoms with Gasteiger partial charge in [0, 0.05) is 15.6 Å². The van der Waals surface area contributed by atoms with Gasteiger partial charge in [-0.25, -0.2) is 4.99 Å². The van der Waals surface area contributed by atoms with Crippen LogP contribution < -0.4 is 4.90 Å². The van der Waals surface area contributed by atoms with E-state index in [1.807, 2.05) is 24.3 Å². The molecular weight excluding hydrogens is 426 g/mol. The van der Waals surface area contributed by atoms with Crippen molar-refractivity contribution in [3.8, 4) is 0 Å². The molecule has 0 spiro atoms. The van der Waals surface area contributed by atoms with Crippen molar-refractivity contribution >= 4 is 75.1 Å². The molecule has 4 rings (SSSR count). The monoisotopic (exact) mass is 434 g/mol. The molecule has 0 saturated heterocycles. The molecule has 1 amide bonds. The van der Waals surface area contributed by atoms with Gasteiger partial charge >= 0.3 is 0 Å². The van der Waals surface area contributed by atoms with Crippen LogP contribution in [-0.4, -0.2) is 11.6 Å². The maximum atomic E-state index is 13.2. The molecule has 0 aliphatic carbocycles. The lowest BCUT2D eigenvalue weighted by Gasteiger charge is -2.17. The molecule has 1 heterocycles. The predicted molar refractivity (Wildman–Crippen MR) is 113 cm³/mol. The Bertz CT molecular complexity index is 1090. The van der Waals surface area contributed by atoms with Crippen molar-refractivity contribution in [2.45, 2.75) is 0 Å². The standard InChI is InChI=1S/C20H10Cl4N2O/c21-11-7-12(22)9-14(8-11)26-18-4-2-1-3-15(18)19(20(26)27)25-13-5-6-16(23)17(24)10-13/h1-10H/b25-19-. The molecule has 3 nitrogen and oxygen atoms in total. The molecule has 3 aromatic carbocycles. The van der Waals surface area contributed by atoms with E-state index in [-0.39, 0.29) is 5.91 Å². The molecule has 0 saturated carbocycles. The Kier molecular flexibility index (Phi) is 4.87. The second-order valence-electron chi connectivity index (χ2n) is 5.84. The zero-order valence-electron chi connectivity index (χ0n) is 13.6. The number of fused-ring (bicyclic) bond motifs is 1. The SMILES string of the molecule is O=C1/C(=N\c2ccc(Cl)c(Cl)c2)c2ccccc2N1c1cc(Cl)cc(Cl)c1. The van der Waals surface area contributed by atoms with E-state index in [2.05, 4.69) is 4.99 Å². The Labute approximate surface area is 175 Å². The summed E-state index contributed by atoms with van der Waals surface area (Å²) in [5, 5.41) is 1.68. The number of hydrogen-bond donors (Lipinski definition) is 0. The van der Waals surface area contributed by atoms with E-state index < -0.39 is 0 Å². The summed E-state index contributed by atoms with van der Waals surface area (Å²) in [6.07, 6.45) is 0. The molecule has 0 atom stereocenters. The van der Waals surface area contributed by atoms with Crippen LogP contribution in [0.5, 0.6) is 0 Å². The van der Waals surface area contributed by atoms with Gasteiger partial charge in [0.15, 0.2) is 0 Å². The number of amides is 1. The van der Waals surface area contributed by atoms with Gasteiger partial charge in [0.1, 0.15) is 5.71 Å². The smallest absolute Gasteiger partial charge is 0.275 e. The fourth-order valence-corrected chi connectivity index (χ4v) is 3.72. The van der Waals surface area contributed by atoms with Crippen molar-refractivity contribution in [3.05, 3.63) is 86.3 Å². The number of carbonyl (C=O) groups excluding carboxylic acids is 1. The van der Waals surface area contributed by atoms with E-state index in [0.717, 1.165) is 0 Å². The van der Waals surface area contributed by atoms with Crippen molar-refractivity contribution in [2.75, 3.05) is 4.90 Å². The van der Waals surface area contributed by atoms with Gasteiger partial charge in [-0.3, -0.25) is 9.69 Å². The van der Waals surface area contributed by atoms with Crippen LogP contribution in [0.1, 0.15) is 5.56 Å². The third kappa shape index (κ3) is 3.44. The van der Waals surface area contributed by atoms with Crippen LogP contribution in [0.2, 0.25) is 20.1 Å². The molecule has 27 heavy (non-hydrogen) atoms. The molecular formula is C20H10Cl4N2O. The summed E-state index contributed by atoms with van der Waals surface area (Å²) in [5.41, 5.74) is 2.84. The molecule has 1 aliphatic rings. The van der Waals surface area contributed by atoms with Crippen LogP contribution in [0.15, 0.2) is 65.7 Å². The maximum Gasteiger partial charge on any atom is 0.282 e. The number of hydrogen-bond acceptors (Lipinski definition) is 2. The summed E-state index contributed by atoms with van der Waals surface area (Å²) in [4.78, 5) is 19.3. The first-order valence-corrected chi connectivity index (χ1v) is 9.39. The molecule has 0 N–H and O–H groups in total. The van der Waals surface area contributed by atoms with E-state index in [1.165, 1.54) is 0 Å². The number of rotatable bonds is 2. The van der Waals surface area contributed by atoms with E-state index in [1.54, 1.807) is 41.3 Å². The third-order valence-corrected chi connectivity index (χ3v) is 5.23. The van der Waals surface area contributed by atoms with Crippen LogP contribution in [0, 0.1) is 0 Å². The number of para-hydroxylation sites is 1. The van der Waals surface area contributed by atoms with Crippen molar-refractivity contribution < 1.29 is 4.79 Å². The van der Waals surface area contributed by atoms with Gasteiger partial charge in [-0.05, 0) is 42.5 Å². The maximum absolute atomic E-state index is 13.2. The summed E-state index contributed by atoms with van der Waals surface area (Å²) in [6, 6.07) is 17.3. The predicted octanol–water partition coefficient (Wildman–Crippen LogP) is 7.10. The average Bonchev–Trinajstić information content (AvgIpc) is 2.89. The summed E-state index contributed by atoms with van der Waals surface area (Å²) < 4.78 is 0. The highest BCUT2D eigenvalue weighted by Crippen LogP contribution is 2.39. The van der Waals surface area contributed by atoms with Gasteiger partial charge < -0.3 is 0 Å². The van der Waals surface area contributed by atoms with E-state index in [9.17, 15) is 4.79 Å². The van der Waals surface area contributed by atoms with E-state index in [4.69, 9.17) is 46.4 Å². The normalized spacial score (nSPS) is 14.7. The quantitative estimate of drug-likeness (QED) is 0.422. The first-order chi connectivity index (χ1) is 12.9. The van der Waals surface area contributed by atoms with Crippen molar-refractivity contribution in [1.82, 2.24) is 0 Å². The fraction of sp³-hybridized carbons (Fsp3) is 0. The summed E-state index contributed by atoms with van der Waals surface area (Å²) in [7, 11) is 0. The molecule has 0 fully saturated rings. The summed E-state index contributed by atoms with van der Waals surface area (Å²) >= 11 is 24.3. The Balaban J connectivity index is 1.87. The second kappa shape index (κ2) is 7.17. The number of halogens is 4. The first kappa shape index (κ1) is 18.3. The third-order valence-electron chi connectivity index (χ3n) is 4.06. The minimum absolute atomic E-state index is 0.277. The Morgan fingerprint density at radius 1 is 0.778 bits per heavy atom. The molecule has 3 aromatic rings. The van der Waals surface area contributed by atoms with Gasteiger partial charge in [0.25, 0.3) is 5.91 Å². The molecule has 0 radical (unpaired) electrons. The molecule has 134 valence electrons. The second-order valence-corrected chi connectivity index (χ2v) is 7.53. The minimum Gasteiger partial charge on any atom is -0.275 e. The molecule has 0 unspecified atom stereocenters. The average molecular weight is 436 g/mol. The number of anilines is 2. The summed E-state index contributed by atoms with van der Waals surface area (Å²) in [6.45, 7) is 0. The Morgan fingerprint density at radius 2 is 1.48 bits per heavy atom. The lowest BCUT2D eigenvalue weighted by atomic mass is 10.1. The van der Waals surface area contributed by atoms with Crippen LogP contribution in [-0.2, 0) is 4.79 Å². The largest absolute Gasteiger partial charge is 0.282 e. The Hall–Kier alpha value is -2.04. The van der Waals surface area contributed by atoms with Gasteiger partial charge in [0.05, 0.1) is 27.1 Å². The molecule has 1 aliphatic heterocycles. The van der Waals surface area contributed by atoms with Gasteiger partial charge in [-0.15, -0.1) is 0 Å². The van der Waals surface area contributed by atoms with Gasteiger partial charge in [-0.1, -0.05) is 64.6 Å². The molecule has 0 aromatic heterocycles. The highest BCUT2D eigenvalue weighted by Gasteiger charge is 2.35.